The molecule has 0 radical (unpaired) electrons. The molecule has 0 unspecified atom stereocenters. The van der Waals surface area contributed by atoms with Gasteiger partial charge in [0.2, 0.25) is 9.05 Å². The van der Waals surface area contributed by atoms with Gasteiger partial charge in [-0.3, -0.25) is 0 Å². The Morgan fingerprint density at radius 3 is 2.22 bits per heavy atom. The summed E-state index contributed by atoms with van der Waals surface area (Å²) < 4.78 is 63.0. The van der Waals surface area contributed by atoms with Crippen LogP contribution < -0.4 is 4.74 Å². The van der Waals surface area contributed by atoms with Crippen LogP contribution in [0.3, 0.4) is 0 Å². The van der Waals surface area contributed by atoms with Gasteiger partial charge in [0.05, 0.1) is 12.9 Å². The minimum absolute atomic E-state index is 0.145. The zero-order chi connectivity index (χ0) is 14.1. The van der Waals surface area contributed by atoms with Crippen LogP contribution in [0.25, 0.3) is 0 Å². The van der Waals surface area contributed by atoms with E-state index in [2.05, 4.69) is 0 Å². The molecule has 18 heavy (non-hydrogen) atoms. The molecule has 0 aromatic heterocycles. The lowest BCUT2D eigenvalue weighted by Crippen LogP contribution is -2.06. The molecule has 0 bridgehead atoms. The summed E-state index contributed by atoms with van der Waals surface area (Å²) in [6.45, 7) is 0. The first-order valence-electron chi connectivity index (χ1n) is 4.53. The Morgan fingerprint density at radius 2 is 1.83 bits per heavy atom. The molecule has 0 aliphatic heterocycles. The van der Waals surface area contributed by atoms with Crippen LogP contribution in [-0.4, -0.2) is 30.2 Å². The number of sulfone groups is 1. The fraction of sp³-hybridized carbons (Fsp3) is 0.333. The minimum Gasteiger partial charge on any atom is -0.495 e. The summed E-state index contributed by atoms with van der Waals surface area (Å²) in [5, 5.41) is 0. The molecule has 1 rings (SSSR count). The molecule has 0 spiro atoms. The molecular formula is C9H10ClFO5S2. The largest absolute Gasteiger partial charge is 0.495 e. The lowest BCUT2D eigenvalue weighted by molar-refractivity contribution is 0.397. The number of hydrogen-bond acceptors (Lipinski definition) is 5. The van der Waals surface area contributed by atoms with Crippen LogP contribution in [0, 0.1) is 5.82 Å². The average molecular weight is 317 g/mol. The van der Waals surface area contributed by atoms with E-state index in [1.54, 1.807) is 0 Å². The lowest BCUT2D eigenvalue weighted by atomic mass is 10.2. The monoisotopic (exact) mass is 316 g/mol. The topological polar surface area (TPSA) is 77.5 Å². The maximum Gasteiger partial charge on any atom is 0.236 e. The summed E-state index contributed by atoms with van der Waals surface area (Å²) in [7, 11) is -1.49. The van der Waals surface area contributed by atoms with Gasteiger partial charge in [-0.05, 0) is 12.1 Å². The summed E-state index contributed by atoms with van der Waals surface area (Å²) in [4.78, 5) is -0.416. The fourth-order valence-corrected chi connectivity index (χ4v) is 3.24. The molecular weight excluding hydrogens is 307 g/mol. The predicted octanol–water partition coefficient (Wildman–Crippen LogP) is 1.31. The first-order valence-corrected chi connectivity index (χ1v) is 8.90. The van der Waals surface area contributed by atoms with Crippen molar-refractivity contribution < 1.29 is 26.0 Å². The van der Waals surface area contributed by atoms with Crippen LogP contribution in [0.2, 0.25) is 0 Å². The smallest absolute Gasteiger partial charge is 0.236 e. The van der Waals surface area contributed by atoms with Crippen molar-refractivity contribution in [2.24, 2.45) is 0 Å². The van der Waals surface area contributed by atoms with E-state index < -0.39 is 35.4 Å². The molecule has 5 nitrogen and oxygen atoms in total. The molecule has 1 aromatic carbocycles. The summed E-state index contributed by atoms with van der Waals surface area (Å²) >= 11 is 0. The van der Waals surface area contributed by atoms with Gasteiger partial charge in [0.15, 0.2) is 9.84 Å². The Balaban J connectivity index is 3.58. The van der Waals surface area contributed by atoms with Gasteiger partial charge in [0, 0.05) is 22.5 Å². The quantitative estimate of drug-likeness (QED) is 0.783. The number of methoxy groups -OCH3 is 1. The van der Waals surface area contributed by atoms with E-state index in [1.165, 1.54) is 0 Å². The highest BCUT2D eigenvalue weighted by molar-refractivity contribution is 8.13. The second kappa shape index (κ2) is 5.02. The highest BCUT2D eigenvalue weighted by atomic mass is 35.7. The van der Waals surface area contributed by atoms with E-state index in [1.807, 2.05) is 0 Å². The van der Waals surface area contributed by atoms with E-state index >= 15 is 0 Å². The molecule has 0 aliphatic rings. The summed E-state index contributed by atoms with van der Waals surface area (Å²) in [6, 6.07) is 1.63. The molecule has 102 valence electrons. The zero-order valence-electron chi connectivity index (χ0n) is 9.48. The van der Waals surface area contributed by atoms with E-state index in [9.17, 15) is 21.2 Å². The third-order valence-corrected chi connectivity index (χ3v) is 4.11. The minimum atomic E-state index is -3.96. The highest BCUT2D eigenvalue weighted by Gasteiger charge is 2.22. The van der Waals surface area contributed by atoms with Crippen LogP contribution >= 0.6 is 10.7 Å². The van der Waals surface area contributed by atoms with Crippen molar-refractivity contribution in [2.75, 3.05) is 13.4 Å². The molecule has 9 heteroatoms. The fourth-order valence-electron chi connectivity index (χ4n) is 1.42. The molecule has 0 N–H and O–H groups in total. The number of ether oxygens (including phenoxy) is 1. The van der Waals surface area contributed by atoms with Gasteiger partial charge in [-0.1, -0.05) is 0 Å². The van der Waals surface area contributed by atoms with Gasteiger partial charge in [-0.2, -0.15) is 0 Å². The molecule has 0 saturated heterocycles. The third kappa shape index (κ3) is 3.82. The van der Waals surface area contributed by atoms with Crippen molar-refractivity contribution in [3.63, 3.8) is 0 Å². The Morgan fingerprint density at radius 1 is 1.28 bits per heavy atom. The lowest BCUT2D eigenvalue weighted by Gasteiger charge is -2.11. The maximum absolute atomic E-state index is 13.3. The van der Waals surface area contributed by atoms with E-state index in [0.717, 1.165) is 25.5 Å². The van der Waals surface area contributed by atoms with Crippen LogP contribution in [-0.2, 0) is 24.6 Å². The molecule has 0 heterocycles. The molecule has 0 atom stereocenters. The van der Waals surface area contributed by atoms with Crippen LogP contribution in [0.5, 0.6) is 5.75 Å². The van der Waals surface area contributed by atoms with Gasteiger partial charge in [0.1, 0.15) is 16.5 Å². The molecule has 0 aliphatic carbocycles. The summed E-state index contributed by atoms with van der Waals surface area (Å²) in [5.41, 5.74) is -0.145. The first kappa shape index (κ1) is 15.2. The van der Waals surface area contributed by atoms with Crippen molar-refractivity contribution >= 4 is 29.6 Å². The maximum atomic E-state index is 13.3. The molecule has 1 aromatic rings. The Hall–Kier alpha value is -0.860. The summed E-state index contributed by atoms with van der Waals surface area (Å²) in [6.07, 6.45) is 0.864. The van der Waals surface area contributed by atoms with E-state index in [4.69, 9.17) is 15.4 Å². The summed E-state index contributed by atoms with van der Waals surface area (Å²) in [5.74, 6) is -1.83. The SMILES string of the molecule is COc1c(CS(=O)(=O)Cl)cc(F)cc1S(C)(=O)=O. The molecule has 0 amide bonds. The number of rotatable bonds is 4. The van der Waals surface area contributed by atoms with Crippen LogP contribution in [0.4, 0.5) is 4.39 Å². The number of hydrogen-bond donors (Lipinski definition) is 0. The second-order valence-electron chi connectivity index (χ2n) is 3.55. The van der Waals surface area contributed by atoms with Gasteiger partial charge in [-0.15, -0.1) is 0 Å². The van der Waals surface area contributed by atoms with Crippen molar-refractivity contribution in [3.8, 4) is 5.75 Å². The van der Waals surface area contributed by atoms with Crippen molar-refractivity contribution in [1.82, 2.24) is 0 Å². The standard InChI is InChI=1S/C9H10ClFO5S2/c1-16-9-6(5-18(10,14)15)3-7(11)4-8(9)17(2,12)13/h3-4H,5H2,1-2H3. The first-order chi connectivity index (χ1) is 8.04. The van der Waals surface area contributed by atoms with Crippen molar-refractivity contribution in [1.29, 1.82) is 0 Å². The average Bonchev–Trinajstić information content (AvgIpc) is 2.12. The van der Waals surface area contributed by atoms with Gasteiger partial charge < -0.3 is 4.74 Å². The Kier molecular flexibility index (Phi) is 4.24. The van der Waals surface area contributed by atoms with Crippen molar-refractivity contribution in [3.05, 3.63) is 23.5 Å². The van der Waals surface area contributed by atoms with Crippen LogP contribution in [0.1, 0.15) is 5.56 Å². The molecule has 0 fully saturated rings. The Labute approximate surface area is 109 Å². The van der Waals surface area contributed by atoms with Gasteiger partial charge in [-0.25, -0.2) is 21.2 Å². The predicted molar refractivity (Wildman–Crippen MR) is 64.5 cm³/mol. The van der Waals surface area contributed by atoms with Gasteiger partial charge in [0.25, 0.3) is 0 Å². The van der Waals surface area contributed by atoms with Gasteiger partial charge >= 0.3 is 0 Å². The highest BCUT2D eigenvalue weighted by Crippen LogP contribution is 2.31. The van der Waals surface area contributed by atoms with E-state index in [0.29, 0.717) is 0 Å². The zero-order valence-corrected chi connectivity index (χ0v) is 11.9. The second-order valence-corrected chi connectivity index (χ2v) is 8.31. The molecule has 0 saturated carbocycles. The van der Waals surface area contributed by atoms with Crippen LogP contribution in [0.15, 0.2) is 17.0 Å². The number of halogens is 2. The van der Waals surface area contributed by atoms with E-state index in [-0.39, 0.29) is 11.3 Å². The number of benzene rings is 1. The third-order valence-electron chi connectivity index (χ3n) is 2.03. The Bertz CT molecular complexity index is 666. The normalized spacial score (nSPS) is 12.4. The van der Waals surface area contributed by atoms with Crippen molar-refractivity contribution in [2.45, 2.75) is 10.6 Å².